The fourth-order valence-corrected chi connectivity index (χ4v) is 3.39. The molecule has 1 aliphatic heterocycles. The third-order valence-electron chi connectivity index (χ3n) is 4.93. The second-order valence-electron chi connectivity index (χ2n) is 6.87. The summed E-state index contributed by atoms with van der Waals surface area (Å²) in [6.07, 6.45) is -2.54. The van der Waals surface area contributed by atoms with Gasteiger partial charge in [0, 0.05) is 15.9 Å². The molecule has 0 amide bonds. The number of imidazole rings is 1. The van der Waals surface area contributed by atoms with Gasteiger partial charge in [0.2, 0.25) is 0 Å². The molecule has 2 aromatic heterocycles. The van der Waals surface area contributed by atoms with Crippen LogP contribution in [0.1, 0.15) is 21.3 Å². The van der Waals surface area contributed by atoms with Crippen molar-refractivity contribution < 1.29 is 16.0 Å². The SMILES string of the molecule is Cc1ccc2nc(-c3nc(N4CCC(C(F)(F)F)CC4)cnc3N)[nH]c2c1.[HH].[HH]. The molecule has 1 aromatic carbocycles. The first-order valence-corrected chi connectivity index (χ1v) is 8.72. The van der Waals surface area contributed by atoms with E-state index in [0.717, 1.165) is 16.6 Å². The lowest BCUT2D eigenvalue weighted by Crippen LogP contribution is -2.39. The highest BCUT2D eigenvalue weighted by molar-refractivity contribution is 5.81. The van der Waals surface area contributed by atoms with E-state index in [-0.39, 0.29) is 34.6 Å². The number of anilines is 2. The molecule has 0 aliphatic carbocycles. The highest BCUT2D eigenvalue weighted by atomic mass is 19.4. The Bertz CT molecular complexity index is 983. The van der Waals surface area contributed by atoms with Gasteiger partial charge in [0.15, 0.2) is 17.3 Å². The standard InChI is InChI=1S/C18H19F3N6.2H2/c1-10-2-3-12-13(8-10)25-17(24-12)15-16(22)23-9-14(26-15)27-6-4-11(5-7-27)18(19,20)21;;/h2-3,8-9,11H,4-7H2,1H3,(H2,22,23)(H,24,25);2*1H. The van der Waals surface area contributed by atoms with Gasteiger partial charge in [0.25, 0.3) is 0 Å². The molecule has 0 bridgehead atoms. The summed E-state index contributed by atoms with van der Waals surface area (Å²) >= 11 is 0. The molecule has 0 unspecified atom stereocenters. The number of aromatic nitrogens is 4. The summed E-state index contributed by atoms with van der Waals surface area (Å²) in [4.78, 5) is 18.2. The Hall–Kier alpha value is -2.84. The molecule has 6 nitrogen and oxygen atoms in total. The highest BCUT2D eigenvalue weighted by Crippen LogP contribution is 2.35. The van der Waals surface area contributed by atoms with Crippen LogP contribution in [-0.4, -0.2) is 39.2 Å². The van der Waals surface area contributed by atoms with Crippen LogP contribution in [-0.2, 0) is 0 Å². The lowest BCUT2D eigenvalue weighted by molar-refractivity contribution is -0.179. The van der Waals surface area contributed by atoms with Crippen LogP contribution in [0.5, 0.6) is 0 Å². The molecule has 0 radical (unpaired) electrons. The second-order valence-corrected chi connectivity index (χ2v) is 6.87. The number of nitrogens with two attached hydrogens (primary N) is 1. The van der Waals surface area contributed by atoms with Gasteiger partial charge < -0.3 is 15.6 Å². The molecule has 1 fully saturated rings. The zero-order chi connectivity index (χ0) is 19.2. The molecule has 146 valence electrons. The number of nitrogen functional groups attached to an aromatic ring is 1. The van der Waals surface area contributed by atoms with Crippen molar-refractivity contribution in [1.82, 2.24) is 19.9 Å². The maximum absolute atomic E-state index is 12.9. The summed E-state index contributed by atoms with van der Waals surface area (Å²) in [5.41, 5.74) is 9.13. The Balaban J connectivity index is 0.00000150. The van der Waals surface area contributed by atoms with Crippen molar-refractivity contribution in [2.24, 2.45) is 5.92 Å². The van der Waals surface area contributed by atoms with E-state index in [2.05, 4.69) is 19.9 Å². The van der Waals surface area contributed by atoms with Gasteiger partial charge in [-0.25, -0.2) is 15.0 Å². The molecular formula is C18H23F3N6. The number of nitrogens with one attached hydrogen (secondary N) is 1. The zero-order valence-corrected chi connectivity index (χ0v) is 14.7. The van der Waals surface area contributed by atoms with Crippen LogP contribution in [0.25, 0.3) is 22.6 Å². The number of alkyl halides is 3. The van der Waals surface area contributed by atoms with Gasteiger partial charge in [-0.1, -0.05) is 6.07 Å². The van der Waals surface area contributed by atoms with Gasteiger partial charge in [-0.2, -0.15) is 13.2 Å². The van der Waals surface area contributed by atoms with E-state index in [0.29, 0.717) is 17.3 Å². The lowest BCUT2D eigenvalue weighted by Gasteiger charge is -2.33. The summed E-state index contributed by atoms with van der Waals surface area (Å²) in [6.45, 7) is 2.54. The number of benzene rings is 1. The summed E-state index contributed by atoms with van der Waals surface area (Å²) < 4.78 is 38.6. The quantitative estimate of drug-likeness (QED) is 0.697. The Morgan fingerprint density at radius 2 is 1.96 bits per heavy atom. The van der Waals surface area contributed by atoms with Crippen molar-refractivity contribution in [2.45, 2.75) is 25.9 Å². The van der Waals surface area contributed by atoms with Crippen molar-refractivity contribution in [1.29, 1.82) is 0 Å². The lowest BCUT2D eigenvalue weighted by atomic mass is 9.96. The van der Waals surface area contributed by atoms with E-state index in [4.69, 9.17) is 5.73 Å². The molecule has 27 heavy (non-hydrogen) atoms. The monoisotopic (exact) mass is 380 g/mol. The fraction of sp³-hybridized carbons (Fsp3) is 0.389. The summed E-state index contributed by atoms with van der Waals surface area (Å²) in [7, 11) is 0. The average Bonchev–Trinajstić information content (AvgIpc) is 3.04. The van der Waals surface area contributed by atoms with Gasteiger partial charge in [-0.15, -0.1) is 0 Å². The van der Waals surface area contributed by atoms with Gasteiger partial charge in [0.05, 0.1) is 23.1 Å². The number of piperidine rings is 1. The number of rotatable bonds is 2. The minimum atomic E-state index is -4.14. The number of halogens is 3. The molecule has 0 spiro atoms. The van der Waals surface area contributed by atoms with Crippen LogP contribution in [0, 0.1) is 12.8 Å². The summed E-state index contributed by atoms with van der Waals surface area (Å²) in [5.74, 6) is -0.0302. The largest absolute Gasteiger partial charge is 0.391 e. The minimum absolute atomic E-state index is 0. The predicted octanol–water partition coefficient (Wildman–Crippen LogP) is 4.18. The van der Waals surface area contributed by atoms with Gasteiger partial charge >= 0.3 is 6.18 Å². The van der Waals surface area contributed by atoms with Crippen molar-refractivity contribution in [3.05, 3.63) is 30.0 Å². The van der Waals surface area contributed by atoms with E-state index in [1.54, 1.807) is 0 Å². The van der Waals surface area contributed by atoms with Crippen LogP contribution in [0.2, 0.25) is 0 Å². The van der Waals surface area contributed by atoms with Crippen LogP contribution >= 0.6 is 0 Å². The average molecular weight is 380 g/mol. The van der Waals surface area contributed by atoms with Crippen molar-refractivity contribution >= 4 is 22.7 Å². The number of aryl methyl sites for hydroxylation is 1. The second kappa shape index (κ2) is 6.40. The van der Waals surface area contributed by atoms with Crippen LogP contribution in [0.15, 0.2) is 24.4 Å². The molecule has 3 N–H and O–H groups in total. The van der Waals surface area contributed by atoms with E-state index in [9.17, 15) is 13.2 Å². The van der Waals surface area contributed by atoms with Crippen LogP contribution in [0.4, 0.5) is 24.8 Å². The van der Waals surface area contributed by atoms with Crippen LogP contribution < -0.4 is 10.6 Å². The maximum Gasteiger partial charge on any atom is 0.391 e. The molecule has 3 aromatic rings. The zero-order valence-electron chi connectivity index (χ0n) is 14.7. The molecule has 0 saturated carbocycles. The molecular weight excluding hydrogens is 357 g/mol. The van der Waals surface area contributed by atoms with Gasteiger partial charge in [-0.3, -0.25) is 0 Å². The molecule has 0 atom stereocenters. The number of aromatic amines is 1. The highest BCUT2D eigenvalue weighted by Gasteiger charge is 2.41. The minimum Gasteiger partial charge on any atom is -0.382 e. The normalized spacial score (nSPS) is 16.2. The smallest absolute Gasteiger partial charge is 0.382 e. The van der Waals surface area contributed by atoms with Crippen LogP contribution in [0.3, 0.4) is 0 Å². The first-order chi connectivity index (χ1) is 12.8. The number of hydrogen-bond acceptors (Lipinski definition) is 5. The third kappa shape index (κ3) is 3.41. The Morgan fingerprint density at radius 1 is 1.22 bits per heavy atom. The van der Waals surface area contributed by atoms with Gasteiger partial charge in [-0.05, 0) is 37.5 Å². The summed E-state index contributed by atoms with van der Waals surface area (Å²) in [6, 6.07) is 5.84. The third-order valence-corrected chi connectivity index (χ3v) is 4.93. The summed E-state index contributed by atoms with van der Waals surface area (Å²) in [5, 5.41) is 0. The van der Waals surface area contributed by atoms with E-state index < -0.39 is 12.1 Å². The molecule has 1 aliphatic rings. The molecule has 3 heterocycles. The van der Waals surface area contributed by atoms with E-state index in [1.165, 1.54) is 6.20 Å². The Kier molecular flexibility index (Phi) is 4.16. The first-order valence-electron chi connectivity index (χ1n) is 8.72. The first kappa shape index (κ1) is 17.6. The number of hydrogen-bond donors (Lipinski definition) is 2. The fourth-order valence-electron chi connectivity index (χ4n) is 3.39. The molecule has 1 saturated heterocycles. The van der Waals surface area contributed by atoms with E-state index >= 15 is 0 Å². The topological polar surface area (TPSA) is 83.7 Å². The molecule has 4 rings (SSSR count). The van der Waals surface area contributed by atoms with Gasteiger partial charge in [0.1, 0.15) is 5.82 Å². The van der Waals surface area contributed by atoms with Crippen molar-refractivity contribution in [3.8, 4) is 11.5 Å². The number of H-pyrrole nitrogens is 1. The van der Waals surface area contributed by atoms with E-state index in [1.807, 2.05) is 30.0 Å². The van der Waals surface area contributed by atoms with Crippen molar-refractivity contribution in [3.63, 3.8) is 0 Å². The van der Waals surface area contributed by atoms with Crippen molar-refractivity contribution in [2.75, 3.05) is 23.7 Å². The Labute approximate surface area is 156 Å². The number of fused-ring (bicyclic) bond motifs is 1. The molecule has 9 heteroatoms. The maximum atomic E-state index is 12.9. The Morgan fingerprint density at radius 3 is 2.67 bits per heavy atom. The number of nitrogens with zero attached hydrogens (tertiary/aromatic N) is 4. The predicted molar refractivity (Wildman–Crippen MR) is 101 cm³/mol.